The molecule has 0 aliphatic carbocycles. The second kappa shape index (κ2) is 11.6. The van der Waals surface area contributed by atoms with E-state index in [1.165, 1.54) is 0 Å². The Hall–Kier alpha value is -2.93. The van der Waals surface area contributed by atoms with Gasteiger partial charge in [-0.15, -0.1) is 0 Å². The Morgan fingerprint density at radius 2 is 1.67 bits per heavy atom. The fourth-order valence-electron chi connectivity index (χ4n) is 1.96. The minimum Gasteiger partial charge on any atom is -0.481 e. The van der Waals surface area contributed by atoms with Gasteiger partial charge in [0.05, 0.1) is 18.6 Å². The summed E-state index contributed by atoms with van der Waals surface area (Å²) in [5.74, 6) is -4.91. The molecule has 0 saturated carbocycles. The topological polar surface area (TPSA) is 243 Å². The Labute approximate surface area is 155 Å². The summed E-state index contributed by atoms with van der Waals surface area (Å²) in [5, 5.41) is 31.4. The van der Waals surface area contributed by atoms with E-state index in [0.29, 0.717) is 6.42 Å². The molecule has 0 rings (SSSR count). The van der Waals surface area contributed by atoms with Crippen molar-refractivity contribution in [3.8, 4) is 0 Å². The second-order valence-electron chi connectivity index (χ2n) is 5.78. The van der Waals surface area contributed by atoms with Crippen molar-refractivity contribution in [2.24, 2.45) is 22.2 Å². The summed E-state index contributed by atoms with van der Waals surface area (Å²) >= 11 is 0. The molecule has 2 amide bonds. The molecule has 0 fully saturated rings. The highest BCUT2D eigenvalue weighted by Gasteiger charge is 2.31. The van der Waals surface area contributed by atoms with Crippen molar-refractivity contribution < 1.29 is 34.5 Å². The monoisotopic (exact) mass is 390 g/mol. The lowest BCUT2D eigenvalue weighted by atomic mass is 10.1. The van der Waals surface area contributed by atoms with Crippen LogP contribution in [0.25, 0.3) is 0 Å². The number of carbonyl (C=O) groups is 4. The number of carboxylic acid groups (broad SMARTS) is 2. The summed E-state index contributed by atoms with van der Waals surface area (Å²) in [6, 6.07) is -4.30. The Kier molecular flexibility index (Phi) is 10.4. The molecule has 154 valence electrons. The van der Waals surface area contributed by atoms with Gasteiger partial charge in [0.15, 0.2) is 12.0 Å². The lowest BCUT2D eigenvalue weighted by molar-refractivity contribution is -0.145. The van der Waals surface area contributed by atoms with Crippen molar-refractivity contribution in [1.82, 2.24) is 10.6 Å². The molecule has 0 aliphatic rings. The lowest BCUT2D eigenvalue weighted by Crippen LogP contribution is -2.57. The molecule has 0 unspecified atom stereocenters. The fourth-order valence-corrected chi connectivity index (χ4v) is 1.96. The van der Waals surface area contributed by atoms with Gasteiger partial charge in [0.2, 0.25) is 11.8 Å². The van der Waals surface area contributed by atoms with Crippen molar-refractivity contribution >= 4 is 29.7 Å². The van der Waals surface area contributed by atoms with E-state index >= 15 is 0 Å². The van der Waals surface area contributed by atoms with E-state index in [-0.39, 0.29) is 18.9 Å². The summed E-state index contributed by atoms with van der Waals surface area (Å²) in [6.45, 7) is 1.37. The van der Waals surface area contributed by atoms with E-state index in [4.69, 9.17) is 27.4 Å². The zero-order valence-electron chi connectivity index (χ0n) is 14.8. The van der Waals surface area contributed by atoms with Crippen LogP contribution in [0.2, 0.25) is 0 Å². The number of carboxylic acids is 2. The van der Waals surface area contributed by atoms with Gasteiger partial charge in [0.1, 0.15) is 6.04 Å². The number of rotatable bonds is 12. The zero-order chi connectivity index (χ0) is 21.1. The smallest absolute Gasteiger partial charge is 0.328 e. The molecule has 0 aromatic carbocycles. The number of amides is 2. The minimum atomic E-state index is -1.67. The van der Waals surface area contributed by atoms with Crippen molar-refractivity contribution in [3.63, 3.8) is 0 Å². The summed E-state index contributed by atoms with van der Waals surface area (Å²) in [4.78, 5) is 49.9. The predicted octanol–water partition coefficient (Wildman–Crippen LogP) is -3.72. The lowest BCUT2D eigenvalue weighted by Gasteiger charge is -2.23. The number of aliphatic carboxylic acids is 2. The number of hydrogen-bond acceptors (Lipinski definition) is 7. The second-order valence-corrected chi connectivity index (χ2v) is 5.78. The third-order valence-corrected chi connectivity index (χ3v) is 3.36. The van der Waals surface area contributed by atoms with Crippen LogP contribution in [0.1, 0.15) is 26.2 Å². The maximum Gasteiger partial charge on any atom is 0.328 e. The average molecular weight is 390 g/mol. The first-order chi connectivity index (χ1) is 12.5. The molecule has 0 radical (unpaired) electrons. The number of aliphatic hydroxyl groups excluding tert-OH is 1. The van der Waals surface area contributed by atoms with Crippen LogP contribution in [0.5, 0.6) is 0 Å². The van der Waals surface area contributed by atoms with Crippen molar-refractivity contribution in [1.29, 1.82) is 0 Å². The molecule has 0 aromatic heterocycles. The van der Waals surface area contributed by atoms with Gasteiger partial charge in [-0.3, -0.25) is 19.4 Å². The molecule has 0 bridgehead atoms. The third-order valence-electron chi connectivity index (χ3n) is 3.36. The molecule has 0 spiro atoms. The normalized spacial score (nSPS) is 14.9. The molecule has 0 aromatic rings. The maximum absolute atomic E-state index is 12.1. The highest BCUT2D eigenvalue weighted by atomic mass is 16.4. The van der Waals surface area contributed by atoms with E-state index in [2.05, 4.69) is 10.3 Å². The van der Waals surface area contributed by atoms with Gasteiger partial charge in [0.25, 0.3) is 0 Å². The largest absolute Gasteiger partial charge is 0.481 e. The van der Waals surface area contributed by atoms with Crippen molar-refractivity contribution in [2.45, 2.75) is 50.4 Å². The van der Waals surface area contributed by atoms with E-state index < -0.39 is 54.4 Å². The van der Waals surface area contributed by atoms with Crippen LogP contribution < -0.4 is 27.8 Å². The Bertz CT molecular complexity index is 576. The van der Waals surface area contributed by atoms with Crippen LogP contribution in [-0.4, -0.2) is 75.8 Å². The number of nitrogens with two attached hydrogens (primary N) is 3. The molecule has 4 atom stereocenters. The number of nitrogens with one attached hydrogen (secondary N) is 2. The number of guanidine groups is 1. The molecular formula is C14H26N6O7. The highest BCUT2D eigenvalue weighted by Crippen LogP contribution is 2.01. The van der Waals surface area contributed by atoms with Gasteiger partial charge < -0.3 is 43.2 Å². The van der Waals surface area contributed by atoms with Crippen LogP contribution in [0, 0.1) is 0 Å². The van der Waals surface area contributed by atoms with E-state index in [1.54, 1.807) is 0 Å². The molecular weight excluding hydrogens is 364 g/mol. The number of aliphatic imine (C=N–C) groups is 1. The Balaban J connectivity index is 4.91. The van der Waals surface area contributed by atoms with Gasteiger partial charge >= 0.3 is 11.9 Å². The van der Waals surface area contributed by atoms with Crippen LogP contribution in [-0.2, 0) is 19.2 Å². The maximum atomic E-state index is 12.1. The van der Waals surface area contributed by atoms with Crippen LogP contribution >= 0.6 is 0 Å². The summed E-state index contributed by atoms with van der Waals surface area (Å²) < 4.78 is 0. The van der Waals surface area contributed by atoms with Gasteiger partial charge in [-0.25, -0.2) is 4.79 Å². The van der Waals surface area contributed by atoms with Gasteiger partial charge in [-0.1, -0.05) is 0 Å². The molecule has 11 N–H and O–H groups in total. The van der Waals surface area contributed by atoms with Gasteiger partial charge in [-0.05, 0) is 19.8 Å². The summed E-state index contributed by atoms with van der Waals surface area (Å²) in [5.41, 5.74) is 16.0. The quantitative estimate of drug-likeness (QED) is 0.0919. The summed E-state index contributed by atoms with van der Waals surface area (Å²) in [7, 11) is 0. The average Bonchev–Trinajstić information content (AvgIpc) is 2.54. The summed E-state index contributed by atoms with van der Waals surface area (Å²) in [6.07, 6.45) is -1.71. The number of nitrogens with zero attached hydrogens (tertiary/aromatic N) is 1. The fraction of sp³-hybridized carbons (Fsp3) is 0.643. The van der Waals surface area contributed by atoms with E-state index in [9.17, 15) is 24.3 Å². The highest BCUT2D eigenvalue weighted by molar-refractivity contribution is 5.94. The predicted molar refractivity (Wildman–Crippen MR) is 93.3 cm³/mol. The third kappa shape index (κ3) is 9.96. The van der Waals surface area contributed by atoms with Gasteiger partial charge in [-0.2, -0.15) is 0 Å². The molecule has 0 aliphatic heterocycles. The molecule has 13 heteroatoms. The molecule has 27 heavy (non-hydrogen) atoms. The molecule has 0 heterocycles. The first kappa shape index (κ1) is 24.1. The molecule has 13 nitrogen and oxygen atoms in total. The van der Waals surface area contributed by atoms with E-state index in [0.717, 1.165) is 6.92 Å². The zero-order valence-corrected chi connectivity index (χ0v) is 14.8. The number of carbonyl (C=O) groups excluding carboxylic acids is 2. The Morgan fingerprint density at radius 1 is 1.07 bits per heavy atom. The SMILES string of the molecule is C[C@@H](O)[C@H](NC(=O)[C@H](CC(=O)O)NC(=O)[C@@H](N)CCCN=C(N)N)C(=O)O. The first-order valence-electron chi connectivity index (χ1n) is 8.00. The Morgan fingerprint density at radius 3 is 2.11 bits per heavy atom. The van der Waals surface area contributed by atoms with Crippen LogP contribution in [0.15, 0.2) is 4.99 Å². The minimum absolute atomic E-state index is 0.114. The number of aliphatic hydroxyl groups is 1. The van der Waals surface area contributed by atoms with Crippen molar-refractivity contribution in [2.75, 3.05) is 6.54 Å². The van der Waals surface area contributed by atoms with Gasteiger partial charge in [0, 0.05) is 6.54 Å². The first-order valence-corrected chi connectivity index (χ1v) is 8.00. The van der Waals surface area contributed by atoms with Crippen LogP contribution in [0.3, 0.4) is 0 Å². The van der Waals surface area contributed by atoms with Crippen molar-refractivity contribution in [3.05, 3.63) is 0 Å². The molecule has 0 saturated heterocycles. The van der Waals surface area contributed by atoms with Crippen LogP contribution in [0.4, 0.5) is 0 Å². The number of hydrogen-bond donors (Lipinski definition) is 8. The van der Waals surface area contributed by atoms with E-state index in [1.807, 2.05) is 5.32 Å². The standard InChI is InChI=1S/C14H26N6O7/c1-6(21)10(13(26)27)20-12(25)8(5-9(22)23)19-11(24)7(15)3-2-4-18-14(16)17/h6-8,10,21H,2-5,15H2,1H3,(H,19,24)(H,20,25)(H,22,23)(H,26,27)(H4,16,17,18)/t6-,7+,8+,10+/m1/s1.